The van der Waals surface area contributed by atoms with Crippen molar-refractivity contribution < 1.29 is 9.13 Å². The number of halogens is 3. The van der Waals surface area contributed by atoms with E-state index in [2.05, 4.69) is 15.9 Å². The zero-order valence-electron chi connectivity index (χ0n) is 11.2. The molecule has 0 amide bonds. The van der Waals surface area contributed by atoms with Crippen LogP contribution in [0.25, 0.3) is 21.9 Å². The van der Waals surface area contributed by atoms with Gasteiger partial charge in [-0.05, 0) is 33.4 Å². The number of ether oxygens (including phenoxy) is 1. The van der Waals surface area contributed by atoms with Gasteiger partial charge >= 0.3 is 0 Å². The summed E-state index contributed by atoms with van der Waals surface area (Å²) in [6, 6.07) is 14.7. The van der Waals surface area contributed by atoms with E-state index in [9.17, 15) is 4.39 Å². The molecule has 3 aromatic rings. The summed E-state index contributed by atoms with van der Waals surface area (Å²) in [5.74, 6) is 0.225. The number of methoxy groups -OCH3 is 1. The van der Waals surface area contributed by atoms with Crippen LogP contribution in [-0.4, -0.2) is 7.11 Å². The molecule has 0 unspecified atom stereocenters. The molecule has 0 bridgehead atoms. The van der Waals surface area contributed by atoms with Crippen LogP contribution in [0.15, 0.2) is 53.0 Å². The smallest absolute Gasteiger partial charge is 0.145 e. The maximum absolute atomic E-state index is 14.4. The third kappa shape index (κ3) is 2.41. The van der Waals surface area contributed by atoms with Crippen molar-refractivity contribution in [2.24, 2.45) is 0 Å². The molecule has 0 fully saturated rings. The third-order valence-corrected chi connectivity index (χ3v) is 4.29. The standard InChI is InChI=1S/C17H11BrClFO/c1-21-17-11-6-3-2-5-10(11)9-14(19)15(17)12-7-4-8-13(18)16(12)20/h2-9H,1H3. The lowest BCUT2D eigenvalue weighted by Crippen LogP contribution is -1.94. The summed E-state index contributed by atoms with van der Waals surface area (Å²) in [7, 11) is 1.57. The minimum Gasteiger partial charge on any atom is -0.495 e. The molecule has 21 heavy (non-hydrogen) atoms. The van der Waals surface area contributed by atoms with Crippen LogP contribution < -0.4 is 4.74 Å². The fourth-order valence-electron chi connectivity index (χ4n) is 2.44. The number of hydrogen-bond donors (Lipinski definition) is 0. The maximum atomic E-state index is 14.4. The molecule has 0 saturated carbocycles. The van der Waals surface area contributed by atoms with Gasteiger partial charge in [0.05, 0.1) is 16.6 Å². The van der Waals surface area contributed by atoms with Crippen molar-refractivity contribution in [2.45, 2.75) is 0 Å². The van der Waals surface area contributed by atoms with Gasteiger partial charge in [0.15, 0.2) is 0 Å². The average Bonchev–Trinajstić information content (AvgIpc) is 2.49. The zero-order valence-corrected chi connectivity index (χ0v) is 13.5. The second-order valence-electron chi connectivity index (χ2n) is 4.59. The largest absolute Gasteiger partial charge is 0.495 e. The average molecular weight is 366 g/mol. The summed E-state index contributed by atoms with van der Waals surface area (Å²) in [6.07, 6.45) is 0. The lowest BCUT2D eigenvalue weighted by atomic mass is 9.99. The molecule has 0 N–H and O–H groups in total. The first-order valence-electron chi connectivity index (χ1n) is 6.33. The summed E-state index contributed by atoms with van der Waals surface area (Å²) >= 11 is 9.59. The first-order chi connectivity index (χ1) is 10.1. The second kappa shape index (κ2) is 5.66. The normalized spacial score (nSPS) is 10.9. The van der Waals surface area contributed by atoms with Gasteiger partial charge in [0, 0.05) is 16.5 Å². The molecule has 0 aromatic heterocycles. The molecule has 3 aromatic carbocycles. The number of rotatable bonds is 2. The van der Waals surface area contributed by atoms with Crippen molar-refractivity contribution in [3.8, 4) is 16.9 Å². The van der Waals surface area contributed by atoms with Crippen LogP contribution in [-0.2, 0) is 0 Å². The minimum absolute atomic E-state index is 0.354. The van der Waals surface area contributed by atoms with Gasteiger partial charge in [-0.15, -0.1) is 0 Å². The first kappa shape index (κ1) is 14.4. The second-order valence-corrected chi connectivity index (χ2v) is 5.85. The van der Waals surface area contributed by atoms with Gasteiger partial charge in [-0.3, -0.25) is 0 Å². The van der Waals surface area contributed by atoms with Gasteiger partial charge in [-0.25, -0.2) is 4.39 Å². The van der Waals surface area contributed by atoms with E-state index in [1.165, 1.54) is 0 Å². The zero-order chi connectivity index (χ0) is 15.0. The van der Waals surface area contributed by atoms with Crippen molar-refractivity contribution in [2.75, 3.05) is 7.11 Å². The molecule has 0 spiro atoms. The molecular weight excluding hydrogens is 355 g/mol. The summed E-state index contributed by atoms with van der Waals surface area (Å²) in [4.78, 5) is 0. The lowest BCUT2D eigenvalue weighted by molar-refractivity contribution is 0.421. The molecule has 0 aliphatic rings. The van der Waals surface area contributed by atoms with Crippen LogP contribution in [0.2, 0.25) is 5.02 Å². The van der Waals surface area contributed by atoms with E-state index < -0.39 is 0 Å². The monoisotopic (exact) mass is 364 g/mol. The van der Waals surface area contributed by atoms with Crippen LogP contribution in [0.3, 0.4) is 0 Å². The molecule has 0 radical (unpaired) electrons. The Morgan fingerprint density at radius 3 is 2.62 bits per heavy atom. The van der Waals surface area contributed by atoms with Crippen LogP contribution in [0.5, 0.6) is 5.75 Å². The van der Waals surface area contributed by atoms with E-state index in [1.807, 2.05) is 30.3 Å². The highest BCUT2D eigenvalue weighted by Gasteiger charge is 2.18. The molecule has 106 valence electrons. The lowest BCUT2D eigenvalue weighted by Gasteiger charge is -2.15. The van der Waals surface area contributed by atoms with Gasteiger partial charge in [-0.1, -0.05) is 48.0 Å². The summed E-state index contributed by atoms with van der Waals surface area (Å²) < 4.78 is 20.3. The van der Waals surface area contributed by atoms with Crippen LogP contribution in [0.4, 0.5) is 4.39 Å². The van der Waals surface area contributed by atoms with Crippen LogP contribution in [0, 0.1) is 5.82 Å². The number of hydrogen-bond acceptors (Lipinski definition) is 1. The minimum atomic E-state index is -0.354. The quantitative estimate of drug-likeness (QED) is 0.535. The van der Waals surface area contributed by atoms with E-state index in [1.54, 1.807) is 25.3 Å². The molecule has 0 aliphatic carbocycles. The van der Waals surface area contributed by atoms with Gasteiger partial charge in [0.1, 0.15) is 11.6 Å². The third-order valence-electron chi connectivity index (χ3n) is 3.38. The summed E-state index contributed by atoms with van der Waals surface area (Å²) in [5, 5.41) is 2.32. The van der Waals surface area contributed by atoms with Crippen LogP contribution >= 0.6 is 27.5 Å². The molecular formula is C17H11BrClFO. The Bertz CT molecular complexity index is 832. The van der Waals surface area contributed by atoms with Crippen molar-refractivity contribution in [3.05, 3.63) is 63.8 Å². The Balaban J connectivity index is 2.42. The van der Waals surface area contributed by atoms with Crippen molar-refractivity contribution in [3.63, 3.8) is 0 Å². The molecule has 4 heteroatoms. The Kier molecular flexibility index (Phi) is 3.87. The van der Waals surface area contributed by atoms with Gasteiger partial charge in [0.25, 0.3) is 0 Å². The molecule has 0 saturated heterocycles. The molecule has 1 nitrogen and oxygen atoms in total. The molecule has 3 rings (SSSR count). The summed E-state index contributed by atoms with van der Waals surface area (Å²) in [5.41, 5.74) is 0.980. The molecule has 0 atom stereocenters. The van der Waals surface area contributed by atoms with Crippen LogP contribution in [0.1, 0.15) is 0 Å². The first-order valence-corrected chi connectivity index (χ1v) is 7.50. The fourth-order valence-corrected chi connectivity index (χ4v) is 3.11. The Morgan fingerprint density at radius 1 is 1.10 bits per heavy atom. The van der Waals surface area contributed by atoms with Crippen molar-refractivity contribution in [1.29, 1.82) is 0 Å². The predicted molar refractivity (Wildman–Crippen MR) is 88.6 cm³/mol. The SMILES string of the molecule is COc1c(-c2cccc(Br)c2F)c(Cl)cc2ccccc12. The van der Waals surface area contributed by atoms with E-state index >= 15 is 0 Å². The molecule has 0 heterocycles. The van der Waals surface area contributed by atoms with Crippen molar-refractivity contribution >= 4 is 38.3 Å². The number of benzene rings is 3. The van der Waals surface area contributed by atoms with E-state index in [0.717, 1.165) is 10.8 Å². The fraction of sp³-hybridized carbons (Fsp3) is 0.0588. The van der Waals surface area contributed by atoms with Gasteiger partial charge in [0.2, 0.25) is 0 Å². The van der Waals surface area contributed by atoms with E-state index in [0.29, 0.717) is 26.4 Å². The van der Waals surface area contributed by atoms with Gasteiger partial charge < -0.3 is 4.74 Å². The number of fused-ring (bicyclic) bond motifs is 1. The Labute approximate surface area is 135 Å². The van der Waals surface area contributed by atoms with Gasteiger partial charge in [-0.2, -0.15) is 0 Å². The van der Waals surface area contributed by atoms with Crippen molar-refractivity contribution in [1.82, 2.24) is 0 Å². The highest BCUT2D eigenvalue weighted by molar-refractivity contribution is 9.10. The van der Waals surface area contributed by atoms with E-state index in [4.69, 9.17) is 16.3 Å². The van der Waals surface area contributed by atoms with E-state index in [-0.39, 0.29) is 5.82 Å². The predicted octanol–water partition coefficient (Wildman–Crippen LogP) is 6.07. The topological polar surface area (TPSA) is 9.23 Å². The Hall–Kier alpha value is -1.58. The highest BCUT2D eigenvalue weighted by atomic mass is 79.9. The highest BCUT2D eigenvalue weighted by Crippen LogP contribution is 2.43. The Morgan fingerprint density at radius 2 is 1.86 bits per heavy atom. The molecule has 0 aliphatic heterocycles. The summed E-state index contributed by atoms with van der Waals surface area (Å²) in [6.45, 7) is 0. The maximum Gasteiger partial charge on any atom is 0.145 e.